The number of furan rings is 1. The lowest BCUT2D eigenvalue weighted by molar-refractivity contribution is 0.0920. The number of rotatable bonds is 8. The van der Waals surface area contributed by atoms with Crippen molar-refractivity contribution in [3.63, 3.8) is 0 Å². The van der Waals surface area contributed by atoms with Crippen molar-refractivity contribution in [3.05, 3.63) is 30.0 Å². The molecule has 0 bridgehead atoms. The van der Waals surface area contributed by atoms with Crippen LogP contribution < -0.4 is 10.1 Å². The van der Waals surface area contributed by atoms with Gasteiger partial charge < -0.3 is 14.5 Å². The monoisotopic (exact) mass is 303 g/mol. The zero-order chi connectivity index (χ0) is 15.9. The number of amides is 1. The van der Waals surface area contributed by atoms with E-state index in [0.29, 0.717) is 29.6 Å². The van der Waals surface area contributed by atoms with Crippen LogP contribution in [-0.4, -0.2) is 19.6 Å². The number of ether oxygens (including phenoxy) is 1. The number of hydrogen-bond donors (Lipinski definition) is 1. The number of unbranched alkanes of at least 4 members (excludes halogenated alkanes) is 1. The van der Waals surface area contributed by atoms with E-state index in [4.69, 9.17) is 9.15 Å². The first-order valence-corrected chi connectivity index (χ1v) is 8.04. The molecule has 1 N–H and O–H groups in total. The summed E-state index contributed by atoms with van der Waals surface area (Å²) in [6, 6.07) is 7.38. The molecule has 1 amide bonds. The van der Waals surface area contributed by atoms with Crippen LogP contribution in [0.25, 0.3) is 11.0 Å². The van der Waals surface area contributed by atoms with Gasteiger partial charge in [-0.1, -0.05) is 45.2 Å². The summed E-state index contributed by atoms with van der Waals surface area (Å²) in [5.41, 5.74) is 0.619. The van der Waals surface area contributed by atoms with Gasteiger partial charge in [0, 0.05) is 11.9 Å². The second-order valence-corrected chi connectivity index (χ2v) is 5.62. The Balaban J connectivity index is 2.03. The summed E-state index contributed by atoms with van der Waals surface area (Å²) >= 11 is 0. The van der Waals surface area contributed by atoms with Crippen molar-refractivity contribution in [3.8, 4) is 5.75 Å². The van der Waals surface area contributed by atoms with Crippen molar-refractivity contribution in [1.29, 1.82) is 0 Å². The van der Waals surface area contributed by atoms with Crippen molar-refractivity contribution < 1.29 is 13.9 Å². The van der Waals surface area contributed by atoms with Gasteiger partial charge in [0.15, 0.2) is 17.1 Å². The Labute approximate surface area is 131 Å². The second-order valence-electron chi connectivity index (χ2n) is 5.62. The minimum absolute atomic E-state index is 0.159. The minimum Gasteiger partial charge on any atom is -0.493 e. The lowest BCUT2D eigenvalue weighted by Gasteiger charge is -2.14. The first kappa shape index (κ1) is 16.4. The van der Waals surface area contributed by atoms with Crippen LogP contribution in [0.15, 0.2) is 28.7 Å². The number of methoxy groups -OCH3 is 1. The van der Waals surface area contributed by atoms with Crippen molar-refractivity contribution in [2.24, 2.45) is 5.92 Å². The number of nitrogens with one attached hydrogen (secondary N) is 1. The van der Waals surface area contributed by atoms with Gasteiger partial charge in [0.25, 0.3) is 5.91 Å². The van der Waals surface area contributed by atoms with E-state index in [-0.39, 0.29) is 5.91 Å². The molecule has 0 aliphatic rings. The van der Waals surface area contributed by atoms with Crippen molar-refractivity contribution in [2.75, 3.05) is 13.7 Å². The summed E-state index contributed by atoms with van der Waals surface area (Å²) in [7, 11) is 1.59. The molecule has 2 aromatic rings. The van der Waals surface area contributed by atoms with Crippen LogP contribution in [0, 0.1) is 5.92 Å². The lowest BCUT2D eigenvalue weighted by atomic mass is 9.99. The van der Waals surface area contributed by atoms with E-state index < -0.39 is 0 Å². The highest BCUT2D eigenvalue weighted by Crippen LogP contribution is 2.28. The van der Waals surface area contributed by atoms with Crippen molar-refractivity contribution >= 4 is 16.9 Å². The Bertz CT molecular complexity index is 618. The molecule has 1 atom stereocenters. The highest BCUT2D eigenvalue weighted by atomic mass is 16.5. The third-order valence-electron chi connectivity index (χ3n) is 4.05. The third-order valence-corrected chi connectivity index (χ3v) is 4.05. The fourth-order valence-electron chi connectivity index (χ4n) is 2.58. The maximum atomic E-state index is 12.3. The topological polar surface area (TPSA) is 51.5 Å². The quantitative estimate of drug-likeness (QED) is 0.787. The van der Waals surface area contributed by atoms with E-state index in [0.717, 1.165) is 18.2 Å². The molecule has 0 saturated carbocycles. The second kappa shape index (κ2) is 7.87. The molecule has 1 heterocycles. The van der Waals surface area contributed by atoms with Crippen molar-refractivity contribution in [2.45, 2.75) is 39.5 Å². The minimum atomic E-state index is -0.159. The van der Waals surface area contributed by atoms with Crippen molar-refractivity contribution in [1.82, 2.24) is 5.32 Å². The maximum Gasteiger partial charge on any atom is 0.287 e. The highest BCUT2D eigenvalue weighted by Gasteiger charge is 2.15. The summed E-state index contributed by atoms with van der Waals surface area (Å²) in [6.45, 7) is 5.05. The molecular weight excluding hydrogens is 278 g/mol. The molecule has 22 heavy (non-hydrogen) atoms. The molecule has 0 fully saturated rings. The van der Waals surface area contributed by atoms with E-state index >= 15 is 0 Å². The Morgan fingerprint density at radius 2 is 2.18 bits per heavy atom. The first-order valence-electron chi connectivity index (χ1n) is 8.04. The zero-order valence-electron chi connectivity index (χ0n) is 13.6. The fraction of sp³-hybridized carbons (Fsp3) is 0.500. The van der Waals surface area contributed by atoms with Crippen LogP contribution in [0.4, 0.5) is 0 Å². The van der Waals surface area contributed by atoms with Gasteiger partial charge in [-0.05, 0) is 24.5 Å². The highest BCUT2D eigenvalue weighted by molar-refractivity contribution is 5.97. The number of para-hydroxylation sites is 1. The number of hydrogen-bond acceptors (Lipinski definition) is 3. The average molecular weight is 303 g/mol. The molecule has 0 aliphatic heterocycles. The summed E-state index contributed by atoms with van der Waals surface area (Å²) in [6.07, 6.45) is 4.62. The van der Waals surface area contributed by atoms with Gasteiger partial charge in [0.05, 0.1) is 7.11 Å². The molecular formula is C18H25NO3. The Morgan fingerprint density at radius 1 is 1.36 bits per heavy atom. The molecule has 4 heteroatoms. The van der Waals surface area contributed by atoms with Crippen LogP contribution in [0.2, 0.25) is 0 Å². The molecule has 0 radical (unpaired) electrons. The van der Waals surface area contributed by atoms with Gasteiger partial charge in [-0.25, -0.2) is 0 Å². The van der Waals surface area contributed by atoms with Crippen LogP contribution in [0.1, 0.15) is 50.1 Å². The van der Waals surface area contributed by atoms with Gasteiger partial charge in [0.2, 0.25) is 0 Å². The molecule has 0 aliphatic carbocycles. The molecule has 0 spiro atoms. The molecule has 120 valence electrons. The van der Waals surface area contributed by atoms with Crippen LogP contribution in [0.3, 0.4) is 0 Å². The van der Waals surface area contributed by atoms with Gasteiger partial charge in [-0.15, -0.1) is 0 Å². The predicted molar refractivity (Wildman–Crippen MR) is 88.4 cm³/mol. The third kappa shape index (κ3) is 3.81. The Morgan fingerprint density at radius 3 is 2.86 bits per heavy atom. The summed E-state index contributed by atoms with van der Waals surface area (Å²) in [5, 5.41) is 3.86. The van der Waals surface area contributed by atoms with E-state index in [1.165, 1.54) is 12.8 Å². The van der Waals surface area contributed by atoms with E-state index in [2.05, 4.69) is 19.2 Å². The maximum absolute atomic E-state index is 12.3. The standard InChI is InChI=1S/C18H25NO3/c1-4-6-8-13(5-2)12-19-18(20)16-11-14-9-7-10-15(21-3)17(14)22-16/h7,9-11,13H,4-6,8,12H2,1-3H3,(H,19,20)/t13-/m0/s1. The predicted octanol–water partition coefficient (Wildman–Crippen LogP) is 4.39. The van der Waals surface area contributed by atoms with Gasteiger partial charge in [0.1, 0.15) is 0 Å². The van der Waals surface area contributed by atoms with Crippen LogP contribution in [0.5, 0.6) is 5.75 Å². The van der Waals surface area contributed by atoms with E-state index in [9.17, 15) is 4.79 Å². The molecule has 0 saturated heterocycles. The molecule has 0 unspecified atom stereocenters. The Hall–Kier alpha value is -1.97. The smallest absolute Gasteiger partial charge is 0.287 e. The zero-order valence-corrected chi connectivity index (χ0v) is 13.6. The number of carbonyl (C=O) groups excluding carboxylic acids is 1. The van der Waals surface area contributed by atoms with Crippen LogP contribution in [-0.2, 0) is 0 Å². The van der Waals surface area contributed by atoms with E-state index in [1.54, 1.807) is 13.2 Å². The summed E-state index contributed by atoms with van der Waals surface area (Å²) in [4.78, 5) is 12.3. The van der Waals surface area contributed by atoms with E-state index in [1.807, 2.05) is 18.2 Å². The SMILES string of the molecule is CCCC[C@H](CC)CNC(=O)c1cc2cccc(OC)c2o1. The fourth-order valence-corrected chi connectivity index (χ4v) is 2.58. The lowest BCUT2D eigenvalue weighted by Crippen LogP contribution is -2.28. The van der Waals surface area contributed by atoms with Crippen LogP contribution >= 0.6 is 0 Å². The van der Waals surface area contributed by atoms with Gasteiger partial charge >= 0.3 is 0 Å². The number of benzene rings is 1. The van der Waals surface area contributed by atoms with Gasteiger partial charge in [-0.3, -0.25) is 4.79 Å². The van der Waals surface area contributed by atoms with Gasteiger partial charge in [-0.2, -0.15) is 0 Å². The summed E-state index contributed by atoms with van der Waals surface area (Å²) < 4.78 is 10.9. The molecule has 1 aromatic carbocycles. The first-order chi connectivity index (χ1) is 10.7. The molecule has 4 nitrogen and oxygen atoms in total. The number of fused-ring (bicyclic) bond motifs is 1. The normalized spacial score (nSPS) is 12.3. The summed E-state index contributed by atoms with van der Waals surface area (Å²) in [5.74, 6) is 1.35. The largest absolute Gasteiger partial charge is 0.493 e. The molecule has 1 aromatic heterocycles. The Kier molecular flexibility index (Phi) is 5.87. The average Bonchev–Trinajstić information content (AvgIpc) is 2.99. The molecule has 2 rings (SSSR count). The number of carbonyl (C=O) groups is 1.